The van der Waals surface area contributed by atoms with Crippen LogP contribution in [0.3, 0.4) is 0 Å². The number of rotatable bonds is 2. The van der Waals surface area contributed by atoms with Gasteiger partial charge in [0.05, 0.1) is 18.4 Å². The van der Waals surface area contributed by atoms with Crippen molar-refractivity contribution in [1.29, 1.82) is 0 Å². The molecule has 1 aromatic carbocycles. The first kappa shape index (κ1) is 12.3. The van der Waals surface area contributed by atoms with Crippen molar-refractivity contribution in [3.8, 4) is 11.3 Å². The minimum absolute atomic E-state index is 0.424. The van der Waals surface area contributed by atoms with Crippen LogP contribution in [0.5, 0.6) is 0 Å². The van der Waals surface area contributed by atoms with Gasteiger partial charge in [-0.2, -0.15) is 9.61 Å². The molecule has 1 atom stereocenters. The summed E-state index contributed by atoms with van der Waals surface area (Å²) in [5, 5.41) is 4.31. The number of anilines is 1. The van der Waals surface area contributed by atoms with Crippen molar-refractivity contribution in [2.75, 3.05) is 18.0 Å². The zero-order valence-corrected chi connectivity index (χ0v) is 11.5. The standard InChI is InChI=1S/C16H15FN4/c17-13-7-9-20(11-13)16-10-14(12-4-2-1-3-5-12)19-15-6-8-18-21(15)16/h1-6,8,10,13H,7,9,11H2/t13-/m0/s1. The highest BCUT2D eigenvalue weighted by molar-refractivity contribution is 5.67. The van der Waals surface area contributed by atoms with Crippen molar-refractivity contribution in [2.24, 2.45) is 0 Å². The lowest BCUT2D eigenvalue weighted by Gasteiger charge is -2.19. The second-order valence-electron chi connectivity index (χ2n) is 5.30. The summed E-state index contributed by atoms with van der Waals surface area (Å²) in [6.45, 7) is 1.14. The fraction of sp³-hybridized carbons (Fsp3) is 0.250. The number of benzene rings is 1. The third kappa shape index (κ3) is 2.14. The predicted molar refractivity (Wildman–Crippen MR) is 80.1 cm³/mol. The number of aromatic nitrogens is 3. The Morgan fingerprint density at radius 2 is 2.00 bits per heavy atom. The lowest BCUT2D eigenvalue weighted by atomic mass is 10.1. The molecule has 0 bridgehead atoms. The van der Waals surface area contributed by atoms with Gasteiger partial charge in [0.15, 0.2) is 5.65 Å². The van der Waals surface area contributed by atoms with Crippen LogP contribution in [-0.4, -0.2) is 33.9 Å². The van der Waals surface area contributed by atoms with Gasteiger partial charge in [0.1, 0.15) is 12.0 Å². The van der Waals surface area contributed by atoms with Crippen molar-refractivity contribution in [2.45, 2.75) is 12.6 Å². The highest BCUT2D eigenvalue weighted by atomic mass is 19.1. The van der Waals surface area contributed by atoms with Gasteiger partial charge < -0.3 is 4.90 Å². The van der Waals surface area contributed by atoms with Crippen LogP contribution in [0, 0.1) is 0 Å². The highest BCUT2D eigenvalue weighted by Gasteiger charge is 2.24. The van der Waals surface area contributed by atoms with Gasteiger partial charge >= 0.3 is 0 Å². The van der Waals surface area contributed by atoms with E-state index in [9.17, 15) is 4.39 Å². The largest absolute Gasteiger partial charge is 0.353 e. The summed E-state index contributed by atoms with van der Waals surface area (Å²) in [6, 6.07) is 13.9. The maximum absolute atomic E-state index is 13.5. The first-order valence-electron chi connectivity index (χ1n) is 7.10. The average Bonchev–Trinajstić information content (AvgIpc) is 3.15. The molecule has 1 aliphatic heterocycles. The van der Waals surface area contributed by atoms with Crippen molar-refractivity contribution in [1.82, 2.24) is 14.6 Å². The molecule has 1 saturated heterocycles. The normalized spacial score (nSPS) is 18.5. The van der Waals surface area contributed by atoms with Gasteiger partial charge in [-0.1, -0.05) is 30.3 Å². The molecule has 0 aliphatic carbocycles. The summed E-state index contributed by atoms with van der Waals surface area (Å²) in [6.07, 6.45) is 1.54. The molecule has 1 aliphatic rings. The molecule has 4 nitrogen and oxygen atoms in total. The first-order chi connectivity index (χ1) is 10.3. The fourth-order valence-electron chi connectivity index (χ4n) is 2.80. The van der Waals surface area contributed by atoms with Gasteiger partial charge in [0.25, 0.3) is 0 Å². The Bertz CT molecular complexity index is 768. The molecular weight excluding hydrogens is 267 g/mol. The minimum Gasteiger partial charge on any atom is -0.353 e. The number of hydrogen-bond donors (Lipinski definition) is 0. The molecule has 2 aromatic heterocycles. The van der Waals surface area contributed by atoms with E-state index in [1.807, 2.05) is 47.4 Å². The van der Waals surface area contributed by atoms with Crippen molar-refractivity contribution in [3.05, 3.63) is 48.7 Å². The van der Waals surface area contributed by atoms with E-state index in [-0.39, 0.29) is 0 Å². The summed E-state index contributed by atoms with van der Waals surface area (Å²) < 4.78 is 15.3. The molecule has 3 aromatic rings. The second kappa shape index (κ2) is 4.84. The average molecular weight is 282 g/mol. The zero-order valence-electron chi connectivity index (χ0n) is 11.5. The van der Waals surface area contributed by atoms with E-state index >= 15 is 0 Å². The van der Waals surface area contributed by atoms with Gasteiger partial charge in [-0.25, -0.2) is 9.37 Å². The summed E-state index contributed by atoms with van der Waals surface area (Å²) in [5.41, 5.74) is 2.73. The lowest BCUT2D eigenvalue weighted by Crippen LogP contribution is -2.23. The Labute approximate surface area is 121 Å². The Hall–Kier alpha value is -2.43. The number of nitrogens with zero attached hydrogens (tertiary/aromatic N) is 4. The quantitative estimate of drug-likeness (QED) is 0.724. The Balaban J connectivity index is 1.87. The molecule has 3 heterocycles. The van der Waals surface area contributed by atoms with Crippen LogP contribution >= 0.6 is 0 Å². The molecule has 5 heteroatoms. The lowest BCUT2D eigenvalue weighted by molar-refractivity contribution is 0.364. The Kier molecular flexibility index (Phi) is 2.84. The van der Waals surface area contributed by atoms with Crippen LogP contribution in [0.1, 0.15) is 6.42 Å². The van der Waals surface area contributed by atoms with Gasteiger partial charge in [-0.05, 0) is 6.42 Å². The summed E-state index contributed by atoms with van der Waals surface area (Å²) in [7, 11) is 0. The van der Waals surface area contributed by atoms with Crippen molar-refractivity contribution >= 4 is 11.5 Å². The highest BCUT2D eigenvalue weighted by Crippen LogP contribution is 2.27. The minimum atomic E-state index is -0.760. The molecule has 1 fully saturated rings. The molecule has 106 valence electrons. The molecule has 4 rings (SSSR count). The van der Waals surface area contributed by atoms with Gasteiger partial charge in [0, 0.05) is 24.2 Å². The molecule has 0 radical (unpaired) electrons. The molecule has 0 N–H and O–H groups in total. The van der Waals surface area contributed by atoms with Crippen LogP contribution in [0.2, 0.25) is 0 Å². The molecule has 0 unspecified atom stereocenters. The summed E-state index contributed by atoms with van der Waals surface area (Å²) >= 11 is 0. The van der Waals surface area contributed by atoms with E-state index in [2.05, 4.69) is 10.1 Å². The maximum atomic E-state index is 13.5. The van der Waals surface area contributed by atoms with E-state index in [4.69, 9.17) is 0 Å². The Morgan fingerprint density at radius 1 is 1.14 bits per heavy atom. The SMILES string of the molecule is F[C@H]1CCN(c2cc(-c3ccccc3)nc3ccnn23)C1. The van der Waals surface area contributed by atoms with Crippen LogP contribution in [0.4, 0.5) is 10.2 Å². The monoisotopic (exact) mass is 282 g/mol. The fourth-order valence-corrected chi connectivity index (χ4v) is 2.80. The smallest absolute Gasteiger partial charge is 0.157 e. The number of halogens is 1. The van der Waals surface area contributed by atoms with Crippen molar-refractivity contribution < 1.29 is 4.39 Å². The molecule has 0 amide bonds. The Morgan fingerprint density at radius 3 is 2.76 bits per heavy atom. The van der Waals surface area contributed by atoms with E-state index in [0.717, 1.165) is 22.7 Å². The van der Waals surface area contributed by atoms with Gasteiger partial charge in [0.2, 0.25) is 0 Å². The molecule has 0 spiro atoms. The topological polar surface area (TPSA) is 33.4 Å². The number of fused-ring (bicyclic) bond motifs is 1. The van der Waals surface area contributed by atoms with Crippen LogP contribution in [0.15, 0.2) is 48.7 Å². The predicted octanol–water partition coefficient (Wildman–Crippen LogP) is 2.94. The second-order valence-corrected chi connectivity index (χ2v) is 5.30. The number of hydrogen-bond acceptors (Lipinski definition) is 3. The summed E-state index contributed by atoms with van der Waals surface area (Å²) in [4.78, 5) is 6.68. The number of alkyl halides is 1. The zero-order chi connectivity index (χ0) is 14.2. The maximum Gasteiger partial charge on any atom is 0.157 e. The van der Waals surface area contributed by atoms with Crippen LogP contribution < -0.4 is 4.90 Å². The van der Waals surface area contributed by atoms with Gasteiger partial charge in [-0.15, -0.1) is 0 Å². The van der Waals surface area contributed by atoms with E-state index in [1.165, 1.54) is 0 Å². The van der Waals surface area contributed by atoms with E-state index < -0.39 is 6.17 Å². The van der Waals surface area contributed by atoms with Crippen LogP contribution in [-0.2, 0) is 0 Å². The third-order valence-electron chi connectivity index (χ3n) is 3.86. The first-order valence-corrected chi connectivity index (χ1v) is 7.10. The third-order valence-corrected chi connectivity index (χ3v) is 3.86. The molecule has 21 heavy (non-hydrogen) atoms. The van der Waals surface area contributed by atoms with Gasteiger partial charge in [-0.3, -0.25) is 0 Å². The van der Waals surface area contributed by atoms with Crippen LogP contribution in [0.25, 0.3) is 16.9 Å². The molecular formula is C16H15FN4. The van der Waals surface area contributed by atoms with E-state index in [1.54, 1.807) is 10.7 Å². The van der Waals surface area contributed by atoms with E-state index in [0.29, 0.717) is 19.5 Å². The summed E-state index contributed by atoms with van der Waals surface area (Å²) in [5.74, 6) is 0.906. The van der Waals surface area contributed by atoms with Crippen molar-refractivity contribution in [3.63, 3.8) is 0 Å². The molecule has 0 saturated carbocycles.